The zero-order valence-corrected chi connectivity index (χ0v) is 9.53. The molecule has 0 aliphatic rings. The van der Waals surface area contributed by atoms with Gasteiger partial charge in [-0.05, 0) is 34.6 Å². The van der Waals surface area contributed by atoms with E-state index in [2.05, 4.69) is 27.0 Å². The largest absolute Gasteiger partial charge is 0.330 e. The van der Waals surface area contributed by atoms with Gasteiger partial charge in [-0.25, -0.2) is 4.98 Å². The Morgan fingerprint density at radius 1 is 1.60 bits per heavy atom. The van der Waals surface area contributed by atoms with Crippen LogP contribution in [0.3, 0.4) is 0 Å². The Morgan fingerprint density at radius 3 is 3.07 bits per heavy atom. The van der Waals surface area contributed by atoms with Crippen molar-refractivity contribution >= 4 is 21.4 Å². The molecule has 76 valence electrons. The standard InChI is InChI=1S/C10H9BrN4/c11-7-2-1-5-15-9(3-4-12)14-8(6-13)10(7)15/h1-2,5H,3-4,12H2. The topological polar surface area (TPSA) is 67.1 Å². The quantitative estimate of drug-likeness (QED) is 0.894. The van der Waals surface area contributed by atoms with Gasteiger partial charge in [-0.3, -0.25) is 0 Å². The van der Waals surface area contributed by atoms with Crippen LogP contribution in [0.5, 0.6) is 0 Å². The molecule has 0 saturated carbocycles. The van der Waals surface area contributed by atoms with E-state index in [1.54, 1.807) is 0 Å². The smallest absolute Gasteiger partial charge is 0.167 e. The minimum Gasteiger partial charge on any atom is -0.330 e. The third kappa shape index (κ3) is 1.62. The molecule has 0 spiro atoms. The Morgan fingerprint density at radius 2 is 2.40 bits per heavy atom. The summed E-state index contributed by atoms with van der Waals surface area (Å²) >= 11 is 3.41. The maximum atomic E-state index is 8.96. The summed E-state index contributed by atoms with van der Waals surface area (Å²) in [6.45, 7) is 0.524. The SMILES string of the molecule is N#Cc1nc(CCN)n2cccc(Br)c12. The van der Waals surface area contributed by atoms with Crippen LogP contribution in [0.25, 0.3) is 5.52 Å². The Labute approximate surface area is 95.5 Å². The highest BCUT2D eigenvalue weighted by Crippen LogP contribution is 2.22. The average Bonchev–Trinajstić information content (AvgIpc) is 2.59. The van der Waals surface area contributed by atoms with Gasteiger partial charge in [0.25, 0.3) is 0 Å². The van der Waals surface area contributed by atoms with Crippen molar-refractivity contribution in [3.8, 4) is 6.07 Å². The van der Waals surface area contributed by atoms with Crippen LogP contribution in [-0.2, 0) is 6.42 Å². The van der Waals surface area contributed by atoms with Gasteiger partial charge in [-0.2, -0.15) is 5.26 Å². The molecule has 0 atom stereocenters. The van der Waals surface area contributed by atoms with Crippen molar-refractivity contribution in [3.05, 3.63) is 34.3 Å². The molecule has 2 rings (SSSR count). The fraction of sp³-hybridized carbons (Fsp3) is 0.200. The number of nitrogens with two attached hydrogens (primary N) is 1. The van der Waals surface area contributed by atoms with Crippen molar-refractivity contribution in [2.45, 2.75) is 6.42 Å². The van der Waals surface area contributed by atoms with Gasteiger partial charge in [-0.15, -0.1) is 0 Å². The number of fused-ring (bicyclic) bond motifs is 1. The molecular formula is C10H9BrN4. The maximum Gasteiger partial charge on any atom is 0.167 e. The summed E-state index contributed by atoms with van der Waals surface area (Å²) in [5, 5.41) is 8.96. The van der Waals surface area contributed by atoms with Crippen LogP contribution < -0.4 is 5.73 Å². The fourth-order valence-electron chi connectivity index (χ4n) is 1.54. The van der Waals surface area contributed by atoms with Crippen molar-refractivity contribution in [2.75, 3.05) is 6.54 Å². The van der Waals surface area contributed by atoms with Crippen LogP contribution >= 0.6 is 15.9 Å². The maximum absolute atomic E-state index is 8.96. The molecule has 0 bridgehead atoms. The Hall–Kier alpha value is -1.38. The lowest BCUT2D eigenvalue weighted by atomic mass is 10.3. The number of pyridine rings is 1. The second kappa shape index (κ2) is 4.01. The first kappa shape index (κ1) is 10.1. The van der Waals surface area contributed by atoms with Gasteiger partial charge in [0.2, 0.25) is 0 Å². The van der Waals surface area contributed by atoms with Gasteiger partial charge in [0.15, 0.2) is 5.69 Å². The van der Waals surface area contributed by atoms with E-state index in [0.717, 1.165) is 15.8 Å². The monoisotopic (exact) mass is 264 g/mol. The van der Waals surface area contributed by atoms with E-state index >= 15 is 0 Å². The molecule has 2 heterocycles. The summed E-state index contributed by atoms with van der Waals surface area (Å²) in [7, 11) is 0. The number of nitrogens with zero attached hydrogens (tertiary/aromatic N) is 3. The highest BCUT2D eigenvalue weighted by molar-refractivity contribution is 9.10. The summed E-state index contributed by atoms with van der Waals surface area (Å²) < 4.78 is 2.77. The Kier molecular flexibility index (Phi) is 2.71. The summed E-state index contributed by atoms with van der Waals surface area (Å²) in [5.41, 5.74) is 6.74. The molecule has 0 aliphatic heterocycles. The second-order valence-corrected chi connectivity index (χ2v) is 3.96. The van der Waals surface area contributed by atoms with Crippen LogP contribution in [0.1, 0.15) is 11.5 Å². The van der Waals surface area contributed by atoms with Crippen LogP contribution in [0, 0.1) is 11.3 Å². The van der Waals surface area contributed by atoms with E-state index in [4.69, 9.17) is 11.0 Å². The van der Waals surface area contributed by atoms with Crippen molar-refractivity contribution in [3.63, 3.8) is 0 Å². The lowest BCUT2D eigenvalue weighted by Crippen LogP contribution is -2.06. The molecule has 0 amide bonds. The molecule has 2 aromatic heterocycles. The normalized spacial score (nSPS) is 10.5. The number of hydrogen-bond acceptors (Lipinski definition) is 3. The summed E-state index contributed by atoms with van der Waals surface area (Å²) in [6, 6.07) is 5.88. The van der Waals surface area contributed by atoms with E-state index in [1.807, 2.05) is 22.7 Å². The minimum absolute atomic E-state index is 0.436. The molecule has 0 aromatic carbocycles. The first-order chi connectivity index (χ1) is 7.27. The first-order valence-corrected chi connectivity index (χ1v) is 5.33. The van der Waals surface area contributed by atoms with Crippen LogP contribution in [0.2, 0.25) is 0 Å². The molecule has 4 nitrogen and oxygen atoms in total. The van der Waals surface area contributed by atoms with E-state index < -0.39 is 0 Å². The van der Waals surface area contributed by atoms with Crippen LogP contribution in [-0.4, -0.2) is 15.9 Å². The third-order valence-corrected chi connectivity index (χ3v) is 2.80. The van der Waals surface area contributed by atoms with Crippen LogP contribution in [0.15, 0.2) is 22.8 Å². The molecule has 2 N–H and O–H groups in total. The molecular weight excluding hydrogens is 256 g/mol. The Balaban J connectivity index is 2.76. The van der Waals surface area contributed by atoms with Gasteiger partial charge in [-0.1, -0.05) is 0 Å². The van der Waals surface area contributed by atoms with Gasteiger partial charge < -0.3 is 10.1 Å². The number of rotatable bonds is 2. The lowest BCUT2D eigenvalue weighted by molar-refractivity contribution is 0.861. The number of imidazole rings is 1. The van der Waals surface area contributed by atoms with Crippen molar-refractivity contribution in [1.82, 2.24) is 9.38 Å². The van der Waals surface area contributed by atoms with Crippen molar-refractivity contribution in [2.24, 2.45) is 5.73 Å². The predicted octanol–water partition coefficient (Wildman–Crippen LogP) is 1.47. The minimum atomic E-state index is 0.436. The number of halogens is 1. The summed E-state index contributed by atoms with van der Waals surface area (Å²) in [5.74, 6) is 0.824. The predicted molar refractivity (Wildman–Crippen MR) is 60.4 cm³/mol. The number of nitriles is 1. The van der Waals surface area contributed by atoms with Gasteiger partial charge in [0.1, 0.15) is 11.9 Å². The van der Waals surface area contributed by atoms with E-state index in [0.29, 0.717) is 18.7 Å². The average molecular weight is 265 g/mol. The zero-order chi connectivity index (χ0) is 10.8. The highest BCUT2D eigenvalue weighted by atomic mass is 79.9. The highest BCUT2D eigenvalue weighted by Gasteiger charge is 2.11. The van der Waals surface area contributed by atoms with Gasteiger partial charge >= 0.3 is 0 Å². The molecule has 0 radical (unpaired) electrons. The molecule has 0 saturated heterocycles. The van der Waals surface area contributed by atoms with Crippen LogP contribution in [0.4, 0.5) is 0 Å². The van der Waals surface area contributed by atoms with Crippen molar-refractivity contribution in [1.29, 1.82) is 5.26 Å². The lowest BCUT2D eigenvalue weighted by Gasteiger charge is -1.99. The first-order valence-electron chi connectivity index (χ1n) is 4.53. The second-order valence-electron chi connectivity index (χ2n) is 3.10. The fourth-order valence-corrected chi connectivity index (χ4v) is 2.08. The van der Waals surface area contributed by atoms with Crippen molar-refractivity contribution < 1.29 is 0 Å². The molecule has 2 aromatic rings. The van der Waals surface area contributed by atoms with Gasteiger partial charge in [0, 0.05) is 17.1 Å². The van der Waals surface area contributed by atoms with Gasteiger partial charge in [0.05, 0.1) is 5.52 Å². The van der Waals surface area contributed by atoms with E-state index in [1.165, 1.54) is 0 Å². The Bertz CT molecular complexity index is 538. The number of aromatic nitrogens is 2. The number of hydrogen-bond donors (Lipinski definition) is 1. The molecule has 0 aliphatic carbocycles. The molecule has 15 heavy (non-hydrogen) atoms. The third-order valence-electron chi connectivity index (χ3n) is 2.16. The molecule has 5 heteroatoms. The zero-order valence-electron chi connectivity index (χ0n) is 7.94. The summed E-state index contributed by atoms with van der Waals surface area (Å²) in [4.78, 5) is 4.25. The van der Waals surface area contributed by atoms with E-state index in [9.17, 15) is 0 Å². The van der Waals surface area contributed by atoms with E-state index in [-0.39, 0.29) is 0 Å². The molecule has 0 unspecified atom stereocenters. The molecule has 0 fully saturated rings. The summed E-state index contributed by atoms with van der Waals surface area (Å²) in [6.07, 6.45) is 2.55.